The number of carbonyl (C=O) groups is 2. The van der Waals surface area contributed by atoms with Crippen LogP contribution in [-0.2, 0) is 19.1 Å². The van der Waals surface area contributed by atoms with Gasteiger partial charge >= 0.3 is 0 Å². The maximum atomic E-state index is 12.0. The monoisotopic (exact) mass is 293 g/mol. The SMILES string of the molecule is COCC(=O)Nc1cccc(NC(=O)C2COCCN2)c1. The highest BCUT2D eigenvalue weighted by Crippen LogP contribution is 2.15. The van der Waals surface area contributed by atoms with E-state index < -0.39 is 0 Å². The number of anilines is 2. The summed E-state index contributed by atoms with van der Waals surface area (Å²) in [5.41, 5.74) is 1.21. The fraction of sp³-hybridized carbons (Fsp3) is 0.429. The van der Waals surface area contributed by atoms with Gasteiger partial charge in [0.1, 0.15) is 12.6 Å². The lowest BCUT2D eigenvalue weighted by Gasteiger charge is -2.23. The van der Waals surface area contributed by atoms with Crippen LogP contribution < -0.4 is 16.0 Å². The molecule has 1 fully saturated rings. The van der Waals surface area contributed by atoms with E-state index in [0.717, 1.165) is 0 Å². The zero-order valence-corrected chi connectivity index (χ0v) is 11.8. The Balaban J connectivity index is 1.93. The fourth-order valence-electron chi connectivity index (χ4n) is 1.97. The van der Waals surface area contributed by atoms with Gasteiger partial charge in [-0.2, -0.15) is 0 Å². The van der Waals surface area contributed by atoms with Crippen molar-refractivity contribution in [2.75, 3.05) is 44.1 Å². The summed E-state index contributed by atoms with van der Waals surface area (Å²) in [6.45, 7) is 1.62. The summed E-state index contributed by atoms with van der Waals surface area (Å²) >= 11 is 0. The minimum atomic E-state index is -0.356. The molecule has 1 aromatic carbocycles. The summed E-state index contributed by atoms with van der Waals surface area (Å²) in [6.07, 6.45) is 0. The van der Waals surface area contributed by atoms with Crippen LogP contribution in [0.25, 0.3) is 0 Å². The third-order valence-electron chi connectivity index (χ3n) is 2.93. The molecular formula is C14H19N3O4. The molecule has 0 saturated carbocycles. The summed E-state index contributed by atoms with van der Waals surface area (Å²) in [7, 11) is 1.45. The van der Waals surface area contributed by atoms with Crippen LogP contribution in [0.5, 0.6) is 0 Å². The number of hydrogen-bond donors (Lipinski definition) is 3. The van der Waals surface area contributed by atoms with E-state index in [1.165, 1.54) is 7.11 Å². The van der Waals surface area contributed by atoms with Crippen LogP contribution in [0.15, 0.2) is 24.3 Å². The molecule has 1 saturated heterocycles. The van der Waals surface area contributed by atoms with E-state index in [1.54, 1.807) is 24.3 Å². The van der Waals surface area contributed by atoms with Crippen molar-refractivity contribution in [3.05, 3.63) is 24.3 Å². The molecule has 114 valence electrons. The highest BCUT2D eigenvalue weighted by Gasteiger charge is 2.21. The smallest absolute Gasteiger partial charge is 0.250 e. The third-order valence-corrected chi connectivity index (χ3v) is 2.93. The Hall–Kier alpha value is -1.96. The summed E-state index contributed by atoms with van der Waals surface area (Å²) in [4.78, 5) is 23.5. The van der Waals surface area contributed by atoms with Gasteiger partial charge < -0.3 is 25.4 Å². The molecule has 0 spiro atoms. The number of amides is 2. The Kier molecular flexibility index (Phi) is 5.68. The van der Waals surface area contributed by atoms with Crippen molar-refractivity contribution in [3.8, 4) is 0 Å². The molecule has 2 rings (SSSR count). The fourth-order valence-corrected chi connectivity index (χ4v) is 1.97. The summed E-state index contributed by atoms with van der Waals surface area (Å²) in [6, 6.07) is 6.59. The number of hydrogen-bond acceptors (Lipinski definition) is 5. The zero-order chi connectivity index (χ0) is 15.1. The Morgan fingerprint density at radius 2 is 2.14 bits per heavy atom. The lowest BCUT2D eigenvalue weighted by atomic mass is 10.2. The van der Waals surface area contributed by atoms with Crippen LogP contribution in [0.4, 0.5) is 11.4 Å². The Morgan fingerprint density at radius 3 is 2.81 bits per heavy atom. The van der Waals surface area contributed by atoms with Gasteiger partial charge in [-0.15, -0.1) is 0 Å². The highest BCUT2D eigenvalue weighted by molar-refractivity contribution is 5.96. The van der Waals surface area contributed by atoms with Crippen molar-refractivity contribution in [1.29, 1.82) is 0 Å². The first-order valence-corrected chi connectivity index (χ1v) is 6.70. The first-order valence-electron chi connectivity index (χ1n) is 6.70. The average molecular weight is 293 g/mol. The first kappa shape index (κ1) is 15.4. The molecule has 7 nitrogen and oxygen atoms in total. The highest BCUT2D eigenvalue weighted by atomic mass is 16.5. The van der Waals surface area contributed by atoms with Crippen molar-refractivity contribution in [2.45, 2.75) is 6.04 Å². The van der Waals surface area contributed by atoms with Crippen molar-refractivity contribution < 1.29 is 19.1 Å². The largest absolute Gasteiger partial charge is 0.378 e. The number of methoxy groups -OCH3 is 1. The number of morpholine rings is 1. The van der Waals surface area contributed by atoms with Crippen LogP contribution in [0.3, 0.4) is 0 Å². The van der Waals surface area contributed by atoms with Crippen LogP contribution in [0.2, 0.25) is 0 Å². The predicted molar refractivity (Wildman–Crippen MR) is 78.2 cm³/mol. The molecule has 1 atom stereocenters. The molecular weight excluding hydrogens is 274 g/mol. The molecule has 1 aliphatic heterocycles. The second kappa shape index (κ2) is 7.72. The van der Waals surface area contributed by atoms with E-state index in [1.807, 2.05) is 0 Å². The van der Waals surface area contributed by atoms with Gasteiger partial charge in [-0.25, -0.2) is 0 Å². The second-order valence-corrected chi connectivity index (χ2v) is 4.63. The van der Waals surface area contributed by atoms with Crippen molar-refractivity contribution in [1.82, 2.24) is 5.32 Å². The van der Waals surface area contributed by atoms with Crippen molar-refractivity contribution in [3.63, 3.8) is 0 Å². The van der Waals surface area contributed by atoms with Gasteiger partial charge in [-0.1, -0.05) is 6.07 Å². The summed E-state index contributed by atoms with van der Waals surface area (Å²) in [5, 5.41) is 8.55. The van der Waals surface area contributed by atoms with Gasteiger partial charge in [0.25, 0.3) is 0 Å². The number of benzene rings is 1. The van der Waals surface area contributed by atoms with E-state index in [0.29, 0.717) is 31.1 Å². The van der Waals surface area contributed by atoms with Gasteiger partial charge in [0.15, 0.2) is 0 Å². The number of ether oxygens (including phenoxy) is 2. The van der Waals surface area contributed by atoms with Gasteiger partial charge in [0.05, 0.1) is 13.2 Å². The Bertz CT molecular complexity index is 501. The first-order chi connectivity index (χ1) is 10.2. The van der Waals surface area contributed by atoms with E-state index in [9.17, 15) is 9.59 Å². The molecule has 1 unspecified atom stereocenters. The average Bonchev–Trinajstić information content (AvgIpc) is 2.48. The Morgan fingerprint density at radius 1 is 1.38 bits per heavy atom. The quantitative estimate of drug-likeness (QED) is 0.721. The number of rotatable bonds is 5. The van der Waals surface area contributed by atoms with Crippen LogP contribution >= 0.6 is 0 Å². The lowest BCUT2D eigenvalue weighted by molar-refractivity contribution is -0.121. The van der Waals surface area contributed by atoms with Gasteiger partial charge in [0.2, 0.25) is 11.8 Å². The normalized spacial score (nSPS) is 18.0. The minimum Gasteiger partial charge on any atom is -0.378 e. The van der Waals surface area contributed by atoms with E-state index in [2.05, 4.69) is 16.0 Å². The number of carbonyl (C=O) groups excluding carboxylic acids is 2. The third kappa shape index (κ3) is 4.82. The second-order valence-electron chi connectivity index (χ2n) is 4.63. The lowest BCUT2D eigenvalue weighted by Crippen LogP contribution is -2.48. The molecule has 21 heavy (non-hydrogen) atoms. The molecule has 7 heteroatoms. The standard InChI is InChI=1S/C14H19N3O4/c1-20-9-13(18)16-10-3-2-4-11(7-10)17-14(19)12-8-21-6-5-15-12/h2-4,7,12,15H,5-6,8-9H2,1H3,(H,16,18)(H,17,19). The summed E-state index contributed by atoms with van der Waals surface area (Å²) < 4.78 is 10.00. The topological polar surface area (TPSA) is 88.7 Å². The van der Waals surface area contributed by atoms with Crippen molar-refractivity contribution in [2.24, 2.45) is 0 Å². The van der Waals surface area contributed by atoms with Crippen LogP contribution in [0, 0.1) is 0 Å². The molecule has 1 aromatic rings. The van der Waals surface area contributed by atoms with E-state index in [4.69, 9.17) is 9.47 Å². The maximum absolute atomic E-state index is 12.0. The molecule has 2 amide bonds. The van der Waals surface area contributed by atoms with Crippen LogP contribution in [-0.4, -0.2) is 51.3 Å². The minimum absolute atomic E-state index is 0.0140. The van der Waals surface area contributed by atoms with Crippen LogP contribution in [0.1, 0.15) is 0 Å². The van der Waals surface area contributed by atoms with E-state index in [-0.39, 0.29) is 24.5 Å². The zero-order valence-electron chi connectivity index (χ0n) is 11.8. The molecule has 0 aromatic heterocycles. The number of nitrogens with one attached hydrogen (secondary N) is 3. The van der Waals surface area contributed by atoms with Crippen molar-refractivity contribution >= 4 is 23.2 Å². The summed E-state index contributed by atoms with van der Waals surface area (Å²) in [5.74, 6) is -0.404. The predicted octanol–water partition coefficient (Wildman–Crippen LogP) is 0.198. The molecule has 1 heterocycles. The maximum Gasteiger partial charge on any atom is 0.250 e. The molecule has 0 radical (unpaired) electrons. The van der Waals surface area contributed by atoms with Gasteiger partial charge in [-0.05, 0) is 18.2 Å². The van der Waals surface area contributed by atoms with E-state index >= 15 is 0 Å². The Labute approximate surface area is 123 Å². The van der Waals surface area contributed by atoms with Gasteiger partial charge in [-0.3, -0.25) is 9.59 Å². The molecule has 1 aliphatic rings. The molecule has 3 N–H and O–H groups in total. The molecule has 0 bridgehead atoms. The molecule has 0 aliphatic carbocycles. The van der Waals surface area contributed by atoms with Gasteiger partial charge in [0, 0.05) is 25.0 Å².